The molecule has 0 aromatic heterocycles. The number of rotatable bonds is 6. The molecule has 1 aromatic carbocycles. The molecular weight excluding hydrogens is 390 g/mol. The molecule has 0 radical (unpaired) electrons. The molecule has 1 unspecified atom stereocenters. The van der Waals surface area contributed by atoms with Crippen LogP contribution in [0.4, 0.5) is 0 Å². The largest absolute Gasteiger partial charge is 0.309 e. The fourth-order valence-electron chi connectivity index (χ4n) is 3.75. The first kappa shape index (κ1) is 17.5. The van der Waals surface area contributed by atoms with Crippen molar-refractivity contribution in [2.45, 2.75) is 65.3 Å². The van der Waals surface area contributed by atoms with Crippen LogP contribution in [0.1, 0.15) is 69.5 Å². The Kier molecular flexibility index (Phi) is 6.34. The molecule has 0 aliphatic heterocycles. The van der Waals surface area contributed by atoms with Gasteiger partial charge in [-0.3, -0.25) is 0 Å². The Morgan fingerprint density at radius 3 is 2.38 bits per heavy atom. The third-order valence-corrected chi connectivity index (χ3v) is 6.64. The molecule has 2 rings (SSSR count). The van der Waals surface area contributed by atoms with E-state index in [1.165, 1.54) is 58.6 Å². The van der Waals surface area contributed by atoms with Gasteiger partial charge < -0.3 is 5.32 Å². The second-order valence-corrected chi connectivity index (χ2v) is 8.14. The summed E-state index contributed by atoms with van der Waals surface area (Å²) in [6, 6.07) is 5.03. The summed E-state index contributed by atoms with van der Waals surface area (Å²) in [7, 11) is 0. The molecular formula is C18H27Br2N. The van der Waals surface area contributed by atoms with Crippen LogP contribution in [0, 0.1) is 12.3 Å². The second-order valence-electron chi connectivity index (χ2n) is 6.43. The van der Waals surface area contributed by atoms with Crippen molar-refractivity contribution in [3.63, 3.8) is 0 Å². The van der Waals surface area contributed by atoms with E-state index < -0.39 is 0 Å². The van der Waals surface area contributed by atoms with Crippen LogP contribution in [0.3, 0.4) is 0 Å². The Bertz CT molecular complexity index is 478. The number of nitrogens with one attached hydrogen (secondary N) is 1. The van der Waals surface area contributed by atoms with Gasteiger partial charge in [0, 0.05) is 15.0 Å². The van der Waals surface area contributed by atoms with E-state index in [9.17, 15) is 0 Å². The normalized spacial score (nSPS) is 18.9. The summed E-state index contributed by atoms with van der Waals surface area (Å²) in [6.07, 6.45) is 7.89. The molecule has 0 spiro atoms. The van der Waals surface area contributed by atoms with Gasteiger partial charge in [0.1, 0.15) is 0 Å². The smallest absolute Gasteiger partial charge is 0.0388 e. The van der Waals surface area contributed by atoms with Crippen molar-refractivity contribution in [1.29, 1.82) is 0 Å². The van der Waals surface area contributed by atoms with Crippen LogP contribution >= 0.6 is 31.9 Å². The fraction of sp³-hybridized carbons (Fsp3) is 0.667. The summed E-state index contributed by atoms with van der Waals surface area (Å²) in [5.74, 6) is 0. The Labute approximate surface area is 146 Å². The highest BCUT2D eigenvalue weighted by atomic mass is 79.9. The average molecular weight is 417 g/mol. The Hall–Kier alpha value is 0.140. The van der Waals surface area contributed by atoms with Crippen LogP contribution in [0.5, 0.6) is 0 Å². The van der Waals surface area contributed by atoms with Gasteiger partial charge in [-0.15, -0.1) is 0 Å². The first-order chi connectivity index (χ1) is 10.0. The summed E-state index contributed by atoms with van der Waals surface area (Å²) in [4.78, 5) is 0. The zero-order valence-electron chi connectivity index (χ0n) is 13.4. The Morgan fingerprint density at radius 2 is 1.81 bits per heavy atom. The highest BCUT2D eigenvalue weighted by Crippen LogP contribution is 2.51. The second kappa shape index (κ2) is 7.61. The summed E-state index contributed by atoms with van der Waals surface area (Å²) >= 11 is 7.53. The van der Waals surface area contributed by atoms with Gasteiger partial charge in [-0.05, 0) is 67.8 Å². The maximum atomic E-state index is 3.86. The predicted molar refractivity (Wildman–Crippen MR) is 98.8 cm³/mol. The van der Waals surface area contributed by atoms with Crippen LogP contribution in [0.2, 0.25) is 0 Å². The van der Waals surface area contributed by atoms with Crippen LogP contribution in [0.15, 0.2) is 21.1 Å². The van der Waals surface area contributed by atoms with Crippen LogP contribution in [0.25, 0.3) is 0 Å². The van der Waals surface area contributed by atoms with Gasteiger partial charge in [-0.2, -0.15) is 0 Å². The number of benzene rings is 1. The molecule has 3 heteroatoms. The minimum absolute atomic E-state index is 0.423. The molecule has 1 nitrogen and oxygen atoms in total. The first-order valence-electron chi connectivity index (χ1n) is 8.23. The number of halogens is 2. The molecule has 1 fully saturated rings. The number of hydrogen-bond donors (Lipinski definition) is 1. The van der Waals surface area contributed by atoms with Crippen molar-refractivity contribution >= 4 is 31.9 Å². The molecule has 1 atom stereocenters. The molecule has 1 N–H and O–H groups in total. The zero-order valence-corrected chi connectivity index (χ0v) is 16.6. The third kappa shape index (κ3) is 3.73. The van der Waals surface area contributed by atoms with Gasteiger partial charge in [0.15, 0.2) is 0 Å². The van der Waals surface area contributed by atoms with Crippen molar-refractivity contribution in [3.8, 4) is 0 Å². The van der Waals surface area contributed by atoms with Crippen molar-refractivity contribution in [2.75, 3.05) is 6.54 Å². The maximum Gasteiger partial charge on any atom is 0.0388 e. The van der Waals surface area contributed by atoms with E-state index in [2.05, 4.69) is 70.1 Å². The standard InChI is InChI=1S/C18H27Br2N/c1-4-10-21-17(18(5-2)8-6-7-9-18)14-12-15(19)13(3)11-16(14)20/h11-12,17,21H,4-10H2,1-3H3. The van der Waals surface area contributed by atoms with Crippen LogP contribution in [-0.4, -0.2) is 6.54 Å². The van der Waals surface area contributed by atoms with Crippen molar-refractivity contribution < 1.29 is 0 Å². The van der Waals surface area contributed by atoms with Gasteiger partial charge in [-0.25, -0.2) is 0 Å². The van der Waals surface area contributed by atoms with Gasteiger partial charge >= 0.3 is 0 Å². The van der Waals surface area contributed by atoms with Gasteiger partial charge in [0.05, 0.1) is 0 Å². The lowest BCUT2D eigenvalue weighted by Gasteiger charge is -2.39. The molecule has 0 heterocycles. The summed E-state index contributed by atoms with van der Waals surface area (Å²) in [6.45, 7) is 7.85. The van der Waals surface area contributed by atoms with E-state index in [0.29, 0.717) is 11.5 Å². The van der Waals surface area contributed by atoms with E-state index in [1.807, 2.05) is 0 Å². The first-order valence-corrected chi connectivity index (χ1v) is 9.81. The quantitative estimate of drug-likeness (QED) is 0.555. The summed E-state index contributed by atoms with van der Waals surface area (Å²) in [5, 5.41) is 3.86. The highest BCUT2D eigenvalue weighted by Gasteiger charge is 2.41. The van der Waals surface area contributed by atoms with Crippen molar-refractivity contribution in [3.05, 3.63) is 32.2 Å². The van der Waals surface area contributed by atoms with E-state index in [1.54, 1.807) is 0 Å². The van der Waals surface area contributed by atoms with Gasteiger partial charge in [-0.1, -0.05) is 58.5 Å². The summed E-state index contributed by atoms with van der Waals surface area (Å²) in [5.41, 5.74) is 3.13. The zero-order chi connectivity index (χ0) is 15.5. The van der Waals surface area contributed by atoms with Gasteiger partial charge in [0.2, 0.25) is 0 Å². The molecule has 1 aliphatic carbocycles. The highest BCUT2D eigenvalue weighted by molar-refractivity contribution is 9.11. The van der Waals surface area contributed by atoms with E-state index in [-0.39, 0.29) is 0 Å². The topological polar surface area (TPSA) is 12.0 Å². The minimum atomic E-state index is 0.423. The number of hydrogen-bond acceptors (Lipinski definition) is 1. The van der Waals surface area contributed by atoms with E-state index in [0.717, 1.165) is 6.54 Å². The number of aryl methyl sites for hydroxylation is 1. The molecule has 1 aliphatic rings. The molecule has 0 amide bonds. The van der Waals surface area contributed by atoms with Crippen molar-refractivity contribution in [1.82, 2.24) is 5.32 Å². The Balaban J connectivity index is 2.42. The molecule has 1 aromatic rings. The van der Waals surface area contributed by atoms with Gasteiger partial charge in [0.25, 0.3) is 0 Å². The lowest BCUT2D eigenvalue weighted by atomic mass is 9.73. The molecule has 21 heavy (non-hydrogen) atoms. The molecule has 1 saturated carbocycles. The fourth-order valence-corrected chi connectivity index (χ4v) is 4.80. The molecule has 0 saturated heterocycles. The lowest BCUT2D eigenvalue weighted by molar-refractivity contribution is 0.186. The monoisotopic (exact) mass is 415 g/mol. The Morgan fingerprint density at radius 1 is 1.14 bits per heavy atom. The predicted octanol–water partition coefficient (Wildman–Crippen LogP) is 6.53. The van der Waals surface area contributed by atoms with Crippen LogP contribution < -0.4 is 5.32 Å². The average Bonchev–Trinajstić information content (AvgIpc) is 2.94. The minimum Gasteiger partial charge on any atom is -0.309 e. The van der Waals surface area contributed by atoms with E-state index in [4.69, 9.17) is 0 Å². The molecule has 0 bridgehead atoms. The maximum absolute atomic E-state index is 3.86. The lowest BCUT2D eigenvalue weighted by Crippen LogP contribution is -2.37. The van der Waals surface area contributed by atoms with Crippen molar-refractivity contribution in [2.24, 2.45) is 5.41 Å². The molecule has 118 valence electrons. The third-order valence-electron chi connectivity index (χ3n) is 5.10. The SMILES string of the molecule is CCCNC(c1cc(Br)c(C)cc1Br)C1(CC)CCCC1. The van der Waals surface area contributed by atoms with Crippen LogP contribution in [-0.2, 0) is 0 Å². The van der Waals surface area contributed by atoms with E-state index >= 15 is 0 Å². The summed E-state index contributed by atoms with van der Waals surface area (Å²) < 4.78 is 2.46.